The van der Waals surface area contributed by atoms with Crippen LogP contribution in [0.2, 0.25) is 0 Å². The Morgan fingerprint density at radius 1 is 1.40 bits per heavy atom. The quantitative estimate of drug-likeness (QED) is 0.382. The first-order valence-corrected chi connectivity index (χ1v) is 9.33. The van der Waals surface area contributed by atoms with Crippen molar-refractivity contribution in [1.29, 1.82) is 0 Å². The maximum absolute atomic E-state index is 12.6. The Morgan fingerprint density at radius 2 is 2.16 bits per heavy atom. The number of nitrogens with zero attached hydrogens (tertiary/aromatic N) is 3. The molecule has 8 nitrogen and oxygen atoms in total. The fourth-order valence-electron chi connectivity index (χ4n) is 2.25. The summed E-state index contributed by atoms with van der Waals surface area (Å²) in [6, 6.07) is 0.598. The fourth-order valence-corrected chi connectivity index (χ4v) is 3.93. The highest BCUT2D eigenvalue weighted by Gasteiger charge is 2.32. The summed E-state index contributed by atoms with van der Waals surface area (Å²) < 4.78 is 60.5. The van der Waals surface area contributed by atoms with Crippen LogP contribution >= 0.6 is 0 Å². The number of rotatable bonds is 5. The van der Waals surface area contributed by atoms with E-state index in [2.05, 4.69) is 30.9 Å². The molecule has 1 aliphatic rings. The van der Waals surface area contributed by atoms with Crippen LogP contribution in [0.25, 0.3) is 0 Å². The molecule has 0 spiro atoms. The second-order valence-corrected chi connectivity index (χ2v) is 7.66. The lowest BCUT2D eigenvalue weighted by Crippen LogP contribution is -2.45. The van der Waals surface area contributed by atoms with Crippen LogP contribution in [-0.2, 0) is 16.0 Å². The number of nitrogens with one attached hydrogen (secondary N) is 3. The van der Waals surface area contributed by atoms with Gasteiger partial charge in [0.1, 0.15) is 5.69 Å². The van der Waals surface area contributed by atoms with Crippen molar-refractivity contribution in [1.82, 2.24) is 20.6 Å². The molecule has 1 aromatic rings. The molecule has 25 heavy (non-hydrogen) atoms. The summed E-state index contributed by atoms with van der Waals surface area (Å²) in [5.74, 6) is 0.510. The van der Waals surface area contributed by atoms with Gasteiger partial charge >= 0.3 is 6.18 Å². The molecule has 12 heteroatoms. The third-order valence-corrected chi connectivity index (χ3v) is 5.21. The first kappa shape index (κ1) is 19.2. The van der Waals surface area contributed by atoms with Gasteiger partial charge in [-0.1, -0.05) is 0 Å². The van der Waals surface area contributed by atoms with E-state index in [-0.39, 0.29) is 30.0 Å². The highest BCUT2D eigenvalue weighted by molar-refractivity contribution is 7.91. The molecule has 2 heterocycles. The number of sulfone groups is 1. The van der Waals surface area contributed by atoms with Gasteiger partial charge in [0.15, 0.2) is 15.8 Å². The first-order valence-electron chi connectivity index (χ1n) is 7.51. The molecule has 1 aliphatic heterocycles. The van der Waals surface area contributed by atoms with E-state index in [1.54, 1.807) is 7.05 Å². The van der Waals surface area contributed by atoms with Gasteiger partial charge in [-0.05, 0) is 12.5 Å². The van der Waals surface area contributed by atoms with Crippen LogP contribution in [0.1, 0.15) is 12.1 Å². The van der Waals surface area contributed by atoms with E-state index in [1.165, 1.54) is 0 Å². The number of halogens is 3. The van der Waals surface area contributed by atoms with E-state index < -0.39 is 21.7 Å². The highest BCUT2D eigenvalue weighted by atomic mass is 32.2. The Kier molecular flexibility index (Phi) is 6.03. The summed E-state index contributed by atoms with van der Waals surface area (Å²) in [6.07, 6.45) is -2.98. The SMILES string of the molecule is CN=C(NCCNc1nccc(C(F)(F)F)n1)NC1CCS(=O)(=O)C1. The fraction of sp³-hybridized carbons (Fsp3) is 0.615. The average molecular weight is 380 g/mol. The van der Waals surface area contributed by atoms with E-state index in [9.17, 15) is 21.6 Å². The molecule has 140 valence electrons. The number of aliphatic imine (C=N–C) groups is 1. The Labute approximate surface area is 143 Å². The number of hydrogen-bond acceptors (Lipinski definition) is 6. The van der Waals surface area contributed by atoms with E-state index in [4.69, 9.17) is 0 Å². The molecule has 0 aromatic carbocycles. The van der Waals surface area contributed by atoms with Crippen molar-refractivity contribution in [2.75, 3.05) is 37.0 Å². The lowest BCUT2D eigenvalue weighted by molar-refractivity contribution is -0.141. The zero-order chi connectivity index (χ0) is 18.5. The minimum absolute atomic E-state index is 0.0595. The summed E-state index contributed by atoms with van der Waals surface area (Å²) in [6.45, 7) is 0.587. The molecule has 0 bridgehead atoms. The van der Waals surface area contributed by atoms with Crippen LogP contribution in [0.3, 0.4) is 0 Å². The first-order chi connectivity index (χ1) is 11.7. The van der Waals surface area contributed by atoms with Crippen LogP contribution in [0.15, 0.2) is 17.3 Å². The van der Waals surface area contributed by atoms with E-state index in [0.29, 0.717) is 18.9 Å². The second-order valence-electron chi connectivity index (χ2n) is 5.43. The predicted molar refractivity (Wildman–Crippen MR) is 87.1 cm³/mol. The van der Waals surface area contributed by atoms with Crippen molar-refractivity contribution < 1.29 is 21.6 Å². The minimum Gasteiger partial charge on any atom is -0.355 e. The van der Waals surface area contributed by atoms with Crippen LogP contribution < -0.4 is 16.0 Å². The molecule has 0 amide bonds. The van der Waals surface area contributed by atoms with Crippen molar-refractivity contribution in [2.45, 2.75) is 18.6 Å². The van der Waals surface area contributed by atoms with E-state index in [0.717, 1.165) is 12.3 Å². The lowest BCUT2D eigenvalue weighted by Gasteiger charge is -2.16. The standard InChI is InChI=1S/C13H19F3N6O2S/c1-17-11(21-9-3-7-25(23,24)8-9)19-5-6-20-12-18-4-2-10(22-12)13(14,15)16/h2,4,9H,3,5-8H2,1H3,(H2,17,19,21)(H,18,20,22). The number of aromatic nitrogens is 2. The van der Waals surface area contributed by atoms with Gasteiger partial charge in [-0.15, -0.1) is 0 Å². The molecule has 1 atom stereocenters. The second kappa shape index (κ2) is 7.85. The molecule has 1 saturated heterocycles. The largest absolute Gasteiger partial charge is 0.433 e. The molecular formula is C13H19F3N6O2S. The number of hydrogen-bond donors (Lipinski definition) is 3. The monoisotopic (exact) mass is 380 g/mol. The zero-order valence-electron chi connectivity index (χ0n) is 13.5. The normalized spacial score (nSPS) is 20.3. The summed E-state index contributed by atoms with van der Waals surface area (Å²) in [7, 11) is -1.45. The van der Waals surface area contributed by atoms with Gasteiger partial charge in [0.25, 0.3) is 0 Å². The zero-order valence-corrected chi connectivity index (χ0v) is 14.3. The van der Waals surface area contributed by atoms with Crippen molar-refractivity contribution in [2.24, 2.45) is 4.99 Å². The predicted octanol–water partition coefficient (Wildman–Crippen LogP) is 0.259. The highest BCUT2D eigenvalue weighted by Crippen LogP contribution is 2.27. The van der Waals surface area contributed by atoms with Gasteiger partial charge in [-0.2, -0.15) is 13.2 Å². The van der Waals surface area contributed by atoms with Gasteiger partial charge in [0.2, 0.25) is 5.95 Å². The Hall–Kier alpha value is -2.11. The molecule has 1 unspecified atom stereocenters. The van der Waals surface area contributed by atoms with E-state index in [1.807, 2.05) is 0 Å². The molecular weight excluding hydrogens is 361 g/mol. The third kappa shape index (κ3) is 6.03. The van der Waals surface area contributed by atoms with Crippen molar-refractivity contribution in [3.8, 4) is 0 Å². The maximum Gasteiger partial charge on any atom is 0.433 e. The van der Waals surface area contributed by atoms with Crippen molar-refractivity contribution in [3.63, 3.8) is 0 Å². The summed E-state index contributed by atoms with van der Waals surface area (Å²) >= 11 is 0. The summed E-state index contributed by atoms with van der Waals surface area (Å²) in [5, 5.41) is 8.62. The molecule has 1 fully saturated rings. The van der Waals surface area contributed by atoms with Crippen molar-refractivity contribution in [3.05, 3.63) is 18.0 Å². The molecule has 1 aromatic heterocycles. The molecule has 2 rings (SSSR count). The van der Waals surface area contributed by atoms with Crippen LogP contribution in [0.4, 0.5) is 19.1 Å². The molecule has 3 N–H and O–H groups in total. The van der Waals surface area contributed by atoms with Gasteiger partial charge < -0.3 is 16.0 Å². The van der Waals surface area contributed by atoms with Gasteiger partial charge in [0.05, 0.1) is 11.5 Å². The van der Waals surface area contributed by atoms with Crippen molar-refractivity contribution >= 4 is 21.7 Å². The van der Waals surface area contributed by atoms with Crippen LogP contribution in [0, 0.1) is 0 Å². The number of anilines is 1. The Bertz CT molecular complexity index is 723. The van der Waals surface area contributed by atoms with Gasteiger partial charge in [-0.3, -0.25) is 4.99 Å². The lowest BCUT2D eigenvalue weighted by atomic mass is 10.3. The summed E-state index contributed by atoms with van der Waals surface area (Å²) in [4.78, 5) is 11.1. The maximum atomic E-state index is 12.6. The number of guanidine groups is 1. The summed E-state index contributed by atoms with van der Waals surface area (Å²) in [5.41, 5.74) is -1.02. The number of alkyl halides is 3. The topological polar surface area (TPSA) is 108 Å². The molecule has 0 saturated carbocycles. The Morgan fingerprint density at radius 3 is 2.76 bits per heavy atom. The third-order valence-electron chi connectivity index (χ3n) is 3.44. The Balaban J connectivity index is 1.76. The molecule has 0 aliphatic carbocycles. The van der Waals surface area contributed by atoms with Crippen LogP contribution in [-0.4, -0.2) is 62.0 Å². The molecule has 0 radical (unpaired) electrons. The average Bonchev–Trinajstić information content (AvgIpc) is 2.88. The van der Waals surface area contributed by atoms with Gasteiger partial charge in [0, 0.05) is 32.4 Å². The van der Waals surface area contributed by atoms with Gasteiger partial charge in [-0.25, -0.2) is 18.4 Å². The van der Waals surface area contributed by atoms with Crippen LogP contribution in [0.5, 0.6) is 0 Å². The smallest absolute Gasteiger partial charge is 0.355 e. The van der Waals surface area contributed by atoms with E-state index >= 15 is 0 Å². The minimum atomic E-state index is -4.52.